The molecule has 1 N–H and O–H groups in total. The van der Waals surface area contributed by atoms with Gasteiger partial charge in [0.05, 0.1) is 32.2 Å². The van der Waals surface area contributed by atoms with Crippen LogP contribution in [-0.2, 0) is 24.4 Å². The van der Waals surface area contributed by atoms with E-state index in [4.69, 9.17) is 30.8 Å². The monoisotopic (exact) mass is 821 g/mol. The van der Waals surface area contributed by atoms with Crippen LogP contribution in [0, 0.1) is 6.92 Å². The largest absolute Gasteiger partial charge is 0.491 e. The first-order chi connectivity index (χ1) is 27.4. The summed E-state index contributed by atoms with van der Waals surface area (Å²) >= 11 is 8.12. The lowest BCUT2D eigenvalue weighted by Crippen LogP contribution is -2.45. The SMILES string of the molecule is Cc1c(-c2c(-c3ccccn3)ncc3snc(OC(Cc4ccccc4OCc4ccnn4CC(F)(F)F)C(=O)O)c23)ccc(OCCN2CCN(C)CC2)c1Cl. The van der Waals surface area contributed by atoms with Crippen molar-refractivity contribution < 1.29 is 37.3 Å². The number of para-hydroxylation sites is 1. The number of hydrogen-bond acceptors (Lipinski definition) is 11. The van der Waals surface area contributed by atoms with E-state index < -0.39 is 24.8 Å². The Morgan fingerprint density at radius 2 is 1.77 bits per heavy atom. The second kappa shape index (κ2) is 17.5. The summed E-state index contributed by atoms with van der Waals surface area (Å²) < 4.78 is 63.7. The van der Waals surface area contributed by atoms with Gasteiger partial charge in [-0.05, 0) is 72.5 Å². The van der Waals surface area contributed by atoms with Gasteiger partial charge in [0.1, 0.15) is 31.3 Å². The number of ether oxygens (including phenoxy) is 3. The fraction of sp³-hybridized carbons (Fsp3) is 0.325. The van der Waals surface area contributed by atoms with E-state index in [9.17, 15) is 23.1 Å². The van der Waals surface area contributed by atoms with E-state index in [0.717, 1.165) is 54.5 Å². The molecule has 0 saturated carbocycles. The van der Waals surface area contributed by atoms with Gasteiger partial charge in [-0.2, -0.15) is 22.6 Å². The number of aliphatic carboxylic acids is 1. The molecule has 5 heterocycles. The summed E-state index contributed by atoms with van der Waals surface area (Å²) in [7, 11) is 2.12. The van der Waals surface area contributed by atoms with Gasteiger partial charge in [0, 0.05) is 63.3 Å². The number of carboxylic acids is 1. The van der Waals surface area contributed by atoms with Gasteiger partial charge in [-0.3, -0.25) is 19.5 Å². The number of likely N-dealkylation sites (N-methyl/N-ethyl adjacent to an activating group) is 1. The summed E-state index contributed by atoms with van der Waals surface area (Å²) in [6.45, 7) is 5.61. The van der Waals surface area contributed by atoms with Gasteiger partial charge < -0.3 is 24.2 Å². The normalized spacial score (nSPS) is 14.5. The van der Waals surface area contributed by atoms with Gasteiger partial charge in [0.25, 0.3) is 0 Å². The molecule has 0 bridgehead atoms. The van der Waals surface area contributed by atoms with Gasteiger partial charge >= 0.3 is 12.1 Å². The number of alkyl halides is 3. The van der Waals surface area contributed by atoms with E-state index in [0.29, 0.717) is 55.5 Å². The van der Waals surface area contributed by atoms with Gasteiger partial charge in [0.15, 0.2) is 0 Å². The first kappa shape index (κ1) is 39.9. The van der Waals surface area contributed by atoms with Crippen LogP contribution in [-0.4, -0.2) is 104 Å². The number of carboxylic acid groups (broad SMARTS) is 1. The van der Waals surface area contributed by atoms with Crippen molar-refractivity contribution in [3.8, 4) is 39.9 Å². The third-order valence-corrected chi connectivity index (χ3v) is 10.9. The maximum absolute atomic E-state index is 13.1. The molecule has 17 heteroatoms. The molecule has 7 rings (SSSR count). The minimum atomic E-state index is -4.47. The molecule has 6 aromatic rings. The number of benzene rings is 2. The maximum atomic E-state index is 13.1. The van der Waals surface area contributed by atoms with Crippen LogP contribution in [0.4, 0.5) is 13.2 Å². The molecule has 1 unspecified atom stereocenters. The molecule has 298 valence electrons. The third-order valence-electron chi connectivity index (χ3n) is 9.69. The van der Waals surface area contributed by atoms with Crippen molar-refractivity contribution in [2.45, 2.75) is 38.8 Å². The quantitative estimate of drug-likeness (QED) is 0.111. The van der Waals surface area contributed by atoms with E-state index in [-0.39, 0.29) is 30.4 Å². The summed E-state index contributed by atoms with van der Waals surface area (Å²) in [6.07, 6.45) is -1.47. The van der Waals surface area contributed by atoms with Crippen molar-refractivity contribution in [1.29, 1.82) is 0 Å². The number of nitrogens with zero attached hydrogens (tertiary/aromatic N) is 7. The van der Waals surface area contributed by atoms with Crippen LogP contribution in [0.3, 0.4) is 0 Å². The van der Waals surface area contributed by atoms with Crippen molar-refractivity contribution in [2.24, 2.45) is 0 Å². The highest BCUT2D eigenvalue weighted by molar-refractivity contribution is 7.13. The van der Waals surface area contributed by atoms with E-state index >= 15 is 0 Å². The van der Waals surface area contributed by atoms with Gasteiger partial charge in [-0.15, -0.1) is 0 Å². The number of carbonyl (C=O) groups is 1. The number of aromatic nitrogens is 5. The Kier molecular flexibility index (Phi) is 12.2. The van der Waals surface area contributed by atoms with Crippen LogP contribution in [0.15, 0.2) is 79.3 Å². The lowest BCUT2D eigenvalue weighted by atomic mass is 9.94. The number of hydrogen-bond donors (Lipinski definition) is 1. The average Bonchev–Trinajstić information content (AvgIpc) is 3.82. The molecular weight excluding hydrogens is 783 g/mol. The van der Waals surface area contributed by atoms with E-state index in [1.165, 1.54) is 12.3 Å². The third kappa shape index (κ3) is 9.47. The Bertz CT molecular complexity index is 2330. The van der Waals surface area contributed by atoms with Crippen LogP contribution < -0.4 is 14.2 Å². The molecule has 4 aromatic heterocycles. The average molecular weight is 822 g/mol. The van der Waals surface area contributed by atoms with E-state index in [1.54, 1.807) is 42.7 Å². The Hall–Kier alpha value is -5.29. The van der Waals surface area contributed by atoms with Crippen LogP contribution in [0.1, 0.15) is 16.8 Å². The number of rotatable bonds is 15. The smallest absolute Gasteiger partial charge is 0.408 e. The Morgan fingerprint density at radius 3 is 2.53 bits per heavy atom. The second-order valence-corrected chi connectivity index (χ2v) is 14.8. The lowest BCUT2D eigenvalue weighted by Gasteiger charge is -2.32. The summed E-state index contributed by atoms with van der Waals surface area (Å²) in [5.74, 6) is -0.349. The molecule has 1 fully saturated rings. The predicted molar refractivity (Wildman–Crippen MR) is 210 cm³/mol. The van der Waals surface area contributed by atoms with Crippen molar-refractivity contribution >= 4 is 39.2 Å². The molecule has 0 aliphatic carbocycles. The summed E-state index contributed by atoms with van der Waals surface area (Å²) in [5.41, 5.74) is 3.81. The van der Waals surface area contributed by atoms with Gasteiger partial charge in [-0.25, -0.2) is 4.79 Å². The minimum absolute atomic E-state index is 0.0782. The van der Waals surface area contributed by atoms with Gasteiger partial charge in [0.2, 0.25) is 12.0 Å². The Morgan fingerprint density at radius 1 is 0.982 bits per heavy atom. The summed E-state index contributed by atoms with van der Waals surface area (Å²) in [4.78, 5) is 26.8. The second-order valence-electron chi connectivity index (χ2n) is 13.6. The van der Waals surface area contributed by atoms with Crippen LogP contribution in [0.25, 0.3) is 32.6 Å². The molecular formula is C40H39ClF3N7O5S. The zero-order valence-electron chi connectivity index (χ0n) is 31.1. The zero-order valence-corrected chi connectivity index (χ0v) is 32.7. The maximum Gasteiger partial charge on any atom is 0.408 e. The lowest BCUT2D eigenvalue weighted by molar-refractivity contribution is -0.145. The molecule has 0 spiro atoms. The number of fused-ring (bicyclic) bond motifs is 1. The van der Waals surface area contributed by atoms with Crippen LogP contribution in [0.5, 0.6) is 17.4 Å². The fourth-order valence-corrected chi connectivity index (χ4v) is 7.54. The Labute approximate surface area is 335 Å². The fourth-order valence-electron chi connectivity index (χ4n) is 6.62. The van der Waals surface area contributed by atoms with Crippen molar-refractivity contribution in [3.63, 3.8) is 0 Å². The summed E-state index contributed by atoms with van der Waals surface area (Å²) in [6, 6.07) is 17.3. The van der Waals surface area contributed by atoms with Crippen LogP contribution in [0.2, 0.25) is 5.02 Å². The van der Waals surface area contributed by atoms with Gasteiger partial charge in [-0.1, -0.05) is 41.9 Å². The number of halogens is 4. The molecule has 0 amide bonds. The van der Waals surface area contributed by atoms with Crippen LogP contribution >= 0.6 is 23.1 Å². The highest BCUT2D eigenvalue weighted by Gasteiger charge is 2.30. The van der Waals surface area contributed by atoms with Crippen molar-refractivity contribution in [3.05, 3.63) is 101 Å². The highest BCUT2D eigenvalue weighted by atomic mass is 35.5. The van der Waals surface area contributed by atoms with E-state index in [2.05, 4.69) is 31.3 Å². The predicted octanol–water partition coefficient (Wildman–Crippen LogP) is 7.42. The minimum Gasteiger partial charge on any atom is -0.491 e. The standard InChI is InChI=1S/C40H39ClF3N7O5S/c1-25-28(10-11-31(36(25)41)54-20-19-50-17-15-49(2)16-18-50)34-35-33(22-46-37(34)29-8-5-6-13-45-29)57-48-38(35)56-32(39(52)53)21-26-7-3-4-9-30(26)55-23-27-12-14-47-51(27)24-40(42,43)44/h3-14,22,32H,15-21,23-24H2,1-2H3,(H,52,53). The zero-order chi connectivity index (χ0) is 40.1. The highest BCUT2D eigenvalue weighted by Crippen LogP contribution is 2.45. The number of piperazine rings is 1. The molecule has 57 heavy (non-hydrogen) atoms. The summed E-state index contributed by atoms with van der Waals surface area (Å²) in [5, 5.41) is 15.2. The van der Waals surface area contributed by atoms with Crippen molar-refractivity contribution in [1.82, 2.24) is 33.9 Å². The number of pyridine rings is 2. The molecule has 1 saturated heterocycles. The molecule has 12 nitrogen and oxygen atoms in total. The molecule has 1 atom stereocenters. The Balaban J connectivity index is 1.18. The molecule has 1 aliphatic heterocycles. The molecule has 0 radical (unpaired) electrons. The van der Waals surface area contributed by atoms with E-state index in [1.807, 2.05) is 31.2 Å². The van der Waals surface area contributed by atoms with Crippen molar-refractivity contribution in [2.75, 3.05) is 46.4 Å². The molecule has 2 aromatic carbocycles. The molecule has 1 aliphatic rings. The first-order valence-electron chi connectivity index (χ1n) is 18.2. The first-order valence-corrected chi connectivity index (χ1v) is 19.3. The topological polar surface area (TPSA) is 128 Å².